The summed E-state index contributed by atoms with van der Waals surface area (Å²) in [6, 6.07) is 3.25. The highest BCUT2D eigenvalue weighted by Gasteiger charge is 2.16. The Kier molecular flexibility index (Phi) is 6.87. The molecule has 0 fully saturated rings. The van der Waals surface area contributed by atoms with Crippen LogP contribution in [0.4, 0.5) is 0 Å². The van der Waals surface area contributed by atoms with Crippen molar-refractivity contribution in [2.24, 2.45) is 0 Å². The number of nitrogens with zero attached hydrogens (tertiary/aromatic N) is 1. The van der Waals surface area contributed by atoms with E-state index >= 15 is 0 Å². The van der Waals surface area contributed by atoms with Crippen molar-refractivity contribution < 1.29 is 14.3 Å². The van der Waals surface area contributed by atoms with Gasteiger partial charge in [-0.05, 0) is 32.4 Å². The van der Waals surface area contributed by atoms with Crippen LogP contribution in [0, 0.1) is 6.92 Å². The first kappa shape index (κ1) is 18.5. The van der Waals surface area contributed by atoms with E-state index in [1.54, 1.807) is 12.1 Å². The van der Waals surface area contributed by atoms with E-state index in [-0.39, 0.29) is 5.91 Å². The monoisotopic (exact) mass is 368 g/mol. The number of aromatic nitrogens is 1. The van der Waals surface area contributed by atoms with E-state index in [0.717, 1.165) is 17.1 Å². The largest absolute Gasteiger partial charge is 0.490 e. The van der Waals surface area contributed by atoms with E-state index in [0.29, 0.717) is 41.8 Å². The summed E-state index contributed by atoms with van der Waals surface area (Å²) in [7, 11) is 0. The van der Waals surface area contributed by atoms with Gasteiger partial charge in [0.2, 0.25) is 0 Å². The zero-order valence-electron chi connectivity index (χ0n) is 14.0. The molecular formula is C17H21ClN2O3S. The number of benzene rings is 1. The van der Waals surface area contributed by atoms with Crippen molar-refractivity contribution in [1.29, 1.82) is 0 Å². The van der Waals surface area contributed by atoms with Crippen molar-refractivity contribution in [3.63, 3.8) is 0 Å². The molecule has 5 nitrogen and oxygen atoms in total. The summed E-state index contributed by atoms with van der Waals surface area (Å²) >= 11 is 7.79. The Morgan fingerprint density at radius 2 is 2.12 bits per heavy atom. The third kappa shape index (κ3) is 4.85. The highest BCUT2D eigenvalue weighted by Crippen LogP contribution is 2.36. The van der Waals surface area contributed by atoms with Crippen LogP contribution in [0.3, 0.4) is 0 Å². The van der Waals surface area contributed by atoms with Gasteiger partial charge in [0, 0.05) is 16.6 Å². The molecule has 0 aliphatic carbocycles. The molecule has 0 saturated carbocycles. The number of ether oxygens (including phenoxy) is 2. The van der Waals surface area contributed by atoms with Crippen LogP contribution in [0.25, 0.3) is 0 Å². The zero-order chi connectivity index (χ0) is 17.5. The molecule has 130 valence electrons. The van der Waals surface area contributed by atoms with Gasteiger partial charge in [0.1, 0.15) is 5.01 Å². The van der Waals surface area contributed by atoms with Gasteiger partial charge < -0.3 is 14.8 Å². The Labute approximate surface area is 151 Å². The van der Waals surface area contributed by atoms with Crippen LogP contribution in [0.15, 0.2) is 17.5 Å². The second kappa shape index (κ2) is 8.89. The topological polar surface area (TPSA) is 60.5 Å². The number of aryl methyl sites for hydroxylation is 1. The first-order valence-corrected chi connectivity index (χ1v) is 9.09. The molecular weight excluding hydrogens is 348 g/mol. The summed E-state index contributed by atoms with van der Waals surface area (Å²) in [6.07, 6.45) is 0.858. The van der Waals surface area contributed by atoms with Gasteiger partial charge in [-0.2, -0.15) is 0 Å². The van der Waals surface area contributed by atoms with Gasteiger partial charge >= 0.3 is 0 Å². The summed E-state index contributed by atoms with van der Waals surface area (Å²) in [4.78, 5) is 16.7. The molecule has 1 aromatic carbocycles. The average molecular weight is 369 g/mol. The van der Waals surface area contributed by atoms with Crippen molar-refractivity contribution in [1.82, 2.24) is 10.3 Å². The molecule has 0 atom stereocenters. The first-order chi connectivity index (χ1) is 11.5. The molecule has 0 aliphatic heterocycles. The molecule has 0 aliphatic rings. The van der Waals surface area contributed by atoms with Crippen molar-refractivity contribution in [3.8, 4) is 11.5 Å². The minimum absolute atomic E-state index is 0.229. The van der Waals surface area contributed by atoms with Crippen LogP contribution in [-0.4, -0.2) is 24.1 Å². The number of amides is 1. The number of hydrogen-bond acceptors (Lipinski definition) is 5. The molecule has 1 amide bonds. The maximum absolute atomic E-state index is 12.4. The number of carbonyl (C=O) groups excluding carboxylic acids is 1. The Hall–Kier alpha value is -1.79. The van der Waals surface area contributed by atoms with Gasteiger partial charge in [0.05, 0.1) is 24.8 Å². The normalized spacial score (nSPS) is 10.5. The second-order valence-electron chi connectivity index (χ2n) is 5.13. The molecule has 1 aromatic heterocycles. The lowest BCUT2D eigenvalue weighted by molar-refractivity contribution is 0.0950. The standard InChI is InChI=1S/C17H21ClN2O3S/c1-4-6-23-16-13(18)7-12(8-14(16)22-5-2)17(21)19-9-15-20-11(3)10-24-15/h7-8,10H,4-6,9H2,1-3H3,(H,19,21). The number of hydrogen-bond donors (Lipinski definition) is 1. The number of thiazole rings is 1. The van der Waals surface area contributed by atoms with Crippen LogP contribution < -0.4 is 14.8 Å². The van der Waals surface area contributed by atoms with Gasteiger partial charge in [0.25, 0.3) is 5.91 Å². The fraction of sp³-hybridized carbons (Fsp3) is 0.412. The fourth-order valence-electron chi connectivity index (χ4n) is 2.05. The Morgan fingerprint density at radius 3 is 2.75 bits per heavy atom. The number of carbonyl (C=O) groups is 1. The lowest BCUT2D eigenvalue weighted by Gasteiger charge is -2.14. The van der Waals surface area contributed by atoms with Gasteiger partial charge in [-0.1, -0.05) is 18.5 Å². The molecule has 1 heterocycles. The summed E-state index contributed by atoms with van der Waals surface area (Å²) in [5.41, 5.74) is 1.38. The van der Waals surface area contributed by atoms with E-state index in [9.17, 15) is 4.79 Å². The fourth-order valence-corrected chi connectivity index (χ4v) is 3.02. The molecule has 24 heavy (non-hydrogen) atoms. The summed E-state index contributed by atoms with van der Waals surface area (Å²) in [5.74, 6) is 0.730. The predicted molar refractivity (Wildman–Crippen MR) is 96.4 cm³/mol. The minimum atomic E-state index is -0.229. The van der Waals surface area contributed by atoms with Crippen molar-refractivity contribution >= 4 is 28.8 Å². The molecule has 2 aromatic rings. The van der Waals surface area contributed by atoms with Crippen molar-refractivity contribution in [2.45, 2.75) is 33.7 Å². The van der Waals surface area contributed by atoms with Gasteiger partial charge in [0.15, 0.2) is 11.5 Å². The first-order valence-electron chi connectivity index (χ1n) is 7.83. The number of nitrogens with one attached hydrogen (secondary N) is 1. The SMILES string of the molecule is CCCOc1c(Cl)cc(C(=O)NCc2nc(C)cs2)cc1OCC. The lowest BCUT2D eigenvalue weighted by Crippen LogP contribution is -2.23. The maximum Gasteiger partial charge on any atom is 0.251 e. The predicted octanol–water partition coefficient (Wildman–Crippen LogP) is 4.22. The highest BCUT2D eigenvalue weighted by atomic mass is 35.5. The molecule has 1 N–H and O–H groups in total. The molecule has 7 heteroatoms. The summed E-state index contributed by atoms with van der Waals surface area (Å²) in [6.45, 7) is 7.18. The van der Waals surface area contributed by atoms with E-state index in [2.05, 4.69) is 10.3 Å². The molecule has 0 saturated heterocycles. The van der Waals surface area contributed by atoms with E-state index < -0.39 is 0 Å². The number of halogens is 1. The van der Waals surface area contributed by atoms with Crippen LogP contribution in [-0.2, 0) is 6.54 Å². The van der Waals surface area contributed by atoms with Crippen LogP contribution in [0.1, 0.15) is 41.3 Å². The second-order valence-corrected chi connectivity index (χ2v) is 6.48. The zero-order valence-corrected chi connectivity index (χ0v) is 15.6. The minimum Gasteiger partial charge on any atom is -0.490 e. The maximum atomic E-state index is 12.4. The molecule has 2 rings (SSSR count). The third-order valence-corrected chi connectivity index (χ3v) is 4.34. The van der Waals surface area contributed by atoms with Crippen LogP contribution >= 0.6 is 22.9 Å². The highest BCUT2D eigenvalue weighted by molar-refractivity contribution is 7.09. The van der Waals surface area contributed by atoms with Crippen molar-refractivity contribution in [3.05, 3.63) is 38.8 Å². The lowest BCUT2D eigenvalue weighted by atomic mass is 10.2. The van der Waals surface area contributed by atoms with E-state index in [1.807, 2.05) is 26.2 Å². The van der Waals surface area contributed by atoms with Crippen LogP contribution in [0.5, 0.6) is 11.5 Å². The number of rotatable bonds is 8. The molecule has 0 unspecified atom stereocenters. The van der Waals surface area contributed by atoms with Gasteiger partial charge in [-0.3, -0.25) is 4.79 Å². The average Bonchev–Trinajstić information content (AvgIpc) is 2.97. The summed E-state index contributed by atoms with van der Waals surface area (Å²) in [5, 5.41) is 6.02. The Balaban J connectivity index is 2.14. The Morgan fingerprint density at radius 1 is 1.33 bits per heavy atom. The van der Waals surface area contributed by atoms with Gasteiger partial charge in [-0.25, -0.2) is 4.98 Å². The smallest absolute Gasteiger partial charge is 0.251 e. The van der Waals surface area contributed by atoms with E-state index in [1.165, 1.54) is 11.3 Å². The molecule has 0 radical (unpaired) electrons. The molecule has 0 spiro atoms. The third-order valence-electron chi connectivity index (χ3n) is 3.09. The molecule has 0 bridgehead atoms. The quantitative estimate of drug-likeness (QED) is 0.757. The van der Waals surface area contributed by atoms with Crippen molar-refractivity contribution in [2.75, 3.05) is 13.2 Å². The Bertz CT molecular complexity index is 703. The van der Waals surface area contributed by atoms with Gasteiger partial charge in [-0.15, -0.1) is 11.3 Å². The van der Waals surface area contributed by atoms with Crippen LogP contribution in [0.2, 0.25) is 5.02 Å². The summed E-state index contributed by atoms with van der Waals surface area (Å²) < 4.78 is 11.2. The van der Waals surface area contributed by atoms with E-state index in [4.69, 9.17) is 21.1 Å².